The van der Waals surface area contributed by atoms with Crippen molar-refractivity contribution in [1.82, 2.24) is 0 Å². The van der Waals surface area contributed by atoms with Crippen LogP contribution in [-0.2, 0) is 0 Å². The zero-order valence-electron chi connectivity index (χ0n) is 26.5. The zero-order valence-corrected chi connectivity index (χ0v) is 26.5. The molecule has 49 heavy (non-hydrogen) atoms. The van der Waals surface area contributed by atoms with Crippen LogP contribution in [0.25, 0.3) is 76.9 Å². The molecule has 2 heterocycles. The Hall–Kier alpha value is -6.58. The smallest absolute Gasteiger partial charge is 0.136 e. The number of fused-ring (bicyclic) bond motifs is 7. The van der Waals surface area contributed by atoms with E-state index in [1.165, 1.54) is 22.3 Å². The molecule has 0 aliphatic heterocycles. The fraction of sp³-hybridized carbons (Fsp3) is 0. The minimum absolute atomic E-state index is 0.871. The molecular formula is C46H29NO2. The third-order valence-corrected chi connectivity index (χ3v) is 9.65. The van der Waals surface area contributed by atoms with Gasteiger partial charge in [0.15, 0.2) is 0 Å². The largest absolute Gasteiger partial charge is 0.456 e. The Kier molecular flexibility index (Phi) is 6.18. The standard InChI is InChI=1S/C46H29NO2/c1-3-12-30(13-4-1)35-24-22-33(27-38(35)31-14-5-2-6-15-31)47(34-23-25-45-41(28-34)37-18-8-9-20-43(37)48-45)42-19-11-16-32-26-40-36-17-7-10-21-44(36)49-46(40)29-39(32)42/h1-29H. The highest BCUT2D eigenvalue weighted by Crippen LogP contribution is 2.45. The van der Waals surface area contributed by atoms with E-state index in [0.717, 1.165) is 71.7 Å². The van der Waals surface area contributed by atoms with Crippen molar-refractivity contribution in [2.24, 2.45) is 0 Å². The predicted molar refractivity (Wildman–Crippen MR) is 204 cm³/mol. The fourth-order valence-corrected chi connectivity index (χ4v) is 7.35. The maximum atomic E-state index is 6.41. The highest BCUT2D eigenvalue weighted by molar-refractivity contribution is 6.13. The topological polar surface area (TPSA) is 29.5 Å². The van der Waals surface area contributed by atoms with Gasteiger partial charge in [0, 0.05) is 38.3 Å². The van der Waals surface area contributed by atoms with Crippen molar-refractivity contribution >= 4 is 71.7 Å². The van der Waals surface area contributed by atoms with Gasteiger partial charge in [-0.1, -0.05) is 115 Å². The molecule has 0 aliphatic carbocycles. The summed E-state index contributed by atoms with van der Waals surface area (Å²) in [5, 5.41) is 6.70. The van der Waals surface area contributed by atoms with Crippen molar-refractivity contribution in [3.05, 3.63) is 176 Å². The van der Waals surface area contributed by atoms with Crippen LogP contribution in [0.4, 0.5) is 17.1 Å². The molecular weight excluding hydrogens is 599 g/mol. The second kappa shape index (κ2) is 11.0. The van der Waals surface area contributed by atoms with Crippen molar-refractivity contribution in [2.75, 3.05) is 4.90 Å². The molecule has 0 aliphatic rings. The number of furan rings is 2. The minimum atomic E-state index is 0.871. The maximum Gasteiger partial charge on any atom is 0.136 e. The number of rotatable bonds is 5. The van der Waals surface area contributed by atoms with E-state index < -0.39 is 0 Å². The van der Waals surface area contributed by atoms with Gasteiger partial charge in [-0.05, 0) is 88.3 Å². The summed E-state index contributed by atoms with van der Waals surface area (Å²) >= 11 is 0. The number of hydrogen-bond acceptors (Lipinski definition) is 3. The van der Waals surface area contributed by atoms with Crippen LogP contribution in [0.5, 0.6) is 0 Å². The predicted octanol–water partition coefficient (Wildman–Crippen LogP) is 13.4. The zero-order chi connectivity index (χ0) is 32.3. The Labute approximate surface area is 282 Å². The average Bonchev–Trinajstić information content (AvgIpc) is 3.72. The van der Waals surface area contributed by atoms with Crippen LogP contribution in [0, 0.1) is 0 Å². The summed E-state index contributed by atoms with van der Waals surface area (Å²) in [4.78, 5) is 2.37. The quantitative estimate of drug-likeness (QED) is 0.190. The molecule has 0 saturated heterocycles. The van der Waals surface area contributed by atoms with Gasteiger partial charge < -0.3 is 13.7 Å². The first kappa shape index (κ1) is 27.5. The second-order valence-corrected chi connectivity index (χ2v) is 12.5. The molecule has 0 amide bonds. The number of hydrogen-bond donors (Lipinski definition) is 0. The lowest BCUT2D eigenvalue weighted by molar-refractivity contribution is 0.669. The van der Waals surface area contributed by atoms with Crippen LogP contribution in [0.3, 0.4) is 0 Å². The molecule has 0 bridgehead atoms. The molecule has 0 atom stereocenters. The molecule has 0 fully saturated rings. The number of nitrogens with zero attached hydrogens (tertiary/aromatic N) is 1. The lowest BCUT2D eigenvalue weighted by Gasteiger charge is -2.28. The third-order valence-electron chi connectivity index (χ3n) is 9.65. The summed E-state index contributed by atoms with van der Waals surface area (Å²) in [5.74, 6) is 0. The fourth-order valence-electron chi connectivity index (χ4n) is 7.35. The molecule has 230 valence electrons. The lowest BCUT2D eigenvalue weighted by Crippen LogP contribution is -2.11. The first-order valence-corrected chi connectivity index (χ1v) is 16.6. The number of anilines is 3. The van der Waals surface area contributed by atoms with E-state index in [2.05, 4.69) is 157 Å². The minimum Gasteiger partial charge on any atom is -0.456 e. The second-order valence-electron chi connectivity index (χ2n) is 12.5. The molecule has 2 aromatic heterocycles. The van der Waals surface area contributed by atoms with Gasteiger partial charge in [0.1, 0.15) is 22.3 Å². The van der Waals surface area contributed by atoms with Crippen LogP contribution < -0.4 is 4.90 Å². The Morgan fingerprint density at radius 3 is 1.63 bits per heavy atom. The van der Waals surface area contributed by atoms with Gasteiger partial charge in [-0.2, -0.15) is 0 Å². The highest BCUT2D eigenvalue weighted by atomic mass is 16.3. The van der Waals surface area contributed by atoms with Crippen LogP contribution in [0.2, 0.25) is 0 Å². The Morgan fingerprint density at radius 2 is 0.898 bits per heavy atom. The molecule has 0 saturated carbocycles. The van der Waals surface area contributed by atoms with Crippen LogP contribution in [-0.4, -0.2) is 0 Å². The van der Waals surface area contributed by atoms with Crippen LogP contribution in [0.15, 0.2) is 185 Å². The van der Waals surface area contributed by atoms with Crippen LogP contribution in [0.1, 0.15) is 0 Å². The van der Waals surface area contributed by atoms with Crippen molar-refractivity contribution in [3.8, 4) is 22.3 Å². The van der Waals surface area contributed by atoms with Gasteiger partial charge in [0.05, 0.1) is 5.69 Å². The summed E-state index contributed by atoms with van der Waals surface area (Å²) in [5.41, 5.74) is 11.4. The summed E-state index contributed by atoms with van der Waals surface area (Å²) in [6.45, 7) is 0. The van der Waals surface area contributed by atoms with Crippen molar-refractivity contribution < 1.29 is 8.83 Å². The van der Waals surface area contributed by atoms with E-state index in [4.69, 9.17) is 8.83 Å². The SMILES string of the molecule is c1ccc(-c2ccc(N(c3ccc4oc5ccccc5c4c3)c3cccc4cc5c(cc34)oc3ccccc35)cc2-c2ccccc2)cc1. The molecule has 0 N–H and O–H groups in total. The van der Waals surface area contributed by atoms with E-state index in [-0.39, 0.29) is 0 Å². The summed E-state index contributed by atoms with van der Waals surface area (Å²) in [6, 6.07) is 62.2. The Bertz CT molecular complexity index is 2830. The Balaban J connectivity index is 1.26. The molecule has 3 nitrogen and oxygen atoms in total. The molecule has 0 unspecified atom stereocenters. The highest BCUT2D eigenvalue weighted by Gasteiger charge is 2.21. The van der Waals surface area contributed by atoms with Crippen molar-refractivity contribution in [3.63, 3.8) is 0 Å². The van der Waals surface area contributed by atoms with Crippen molar-refractivity contribution in [2.45, 2.75) is 0 Å². The molecule has 0 radical (unpaired) electrons. The monoisotopic (exact) mass is 627 g/mol. The van der Waals surface area contributed by atoms with Gasteiger partial charge in [-0.15, -0.1) is 0 Å². The average molecular weight is 628 g/mol. The van der Waals surface area contributed by atoms with Gasteiger partial charge in [0.25, 0.3) is 0 Å². The van der Waals surface area contributed by atoms with E-state index in [1.807, 2.05) is 24.3 Å². The van der Waals surface area contributed by atoms with E-state index in [1.54, 1.807) is 0 Å². The van der Waals surface area contributed by atoms with Crippen LogP contribution >= 0.6 is 0 Å². The molecule has 10 rings (SSSR count). The Morgan fingerprint density at radius 1 is 0.327 bits per heavy atom. The normalized spacial score (nSPS) is 11.7. The lowest BCUT2D eigenvalue weighted by atomic mass is 9.93. The van der Waals surface area contributed by atoms with Gasteiger partial charge >= 0.3 is 0 Å². The van der Waals surface area contributed by atoms with Gasteiger partial charge in [-0.3, -0.25) is 0 Å². The first-order chi connectivity index (χ1) is 24.3. The van der Waals surface area contributed by atoms with E-state index in [0.29, 0.717) is 0 Å². The van der Waals surface area contributed by atoms with E-state index >= 15 is 0 Å². The first-order valence-electron chi connectivity index (χ1n) is 16.6. The molecule has 8 aromatic carbocycles. The molecule has 10 aromatic rings. The molecule has 3 heteroatoms. The van der Waals surface area contributed by atoms with Crippen molar-refractivity contribution in [1.29, 1.82) is 0 Å². The summed E-state index contributed by atoms with van der Waals surface area (Å²) in [6.07, 6.45) is 0. The summed E-state index contributed by atoms with van der Waals surface area (Å²) in [7, 11) is 0. The number of benzene rings is 8. The summed E-state index contributed by atoms with van der Waals surface area (Å²) < 4.78 is 12.7. The number of para-hydroxylation sites is 2. The van der Waals surface area contributed by atoms with Gasteiger partial charge in [0.2, 0.25) is 0 Å². The van der Waals surface area contributed by atoms with E-state index in [9.17, 15) is 0 Å². The molecule has 0 spiro atoms. The third kappa shape index (κ3) is 4.51. The van der Waals surface area contributed by atoms with Gasteiger partial charge in [-0.25, -0.2) is 0 Å². The maximum absolute atomic E-state index is 6.41.